The van der Waals surface area contributed by atoms with Crippen molar-refractivity contribution < 1.29 is 13.2 Å². The molecule has 0 radical (unpaired) electrons. The molecule has 30 heavy (non-hydrogen) atoms. The molecule has 7 heteroatoms. The summed E-state index contributed by atoms with van der Waals surface area (Å²) in [7, 11) is -1.52. The van der Waals surface area contributed by atoms with Crippen LogP contribution in [0.4, 0.5) is 0 Å². The van der Waals surface area contributed by atoms with Crippen molar-refractivity contribution in [1.82, 2.24) is 9.88 Å². The lowest BCUT2D eigenvalue weighted by molar-refractivity contribution is 0.0737. The SMILES string of the molecule is CC(C)c1ccc(-c2nc(C(=O)N(C)C(C)c3ccc(S(C)(=O)=O)cc3)cs2)cc1. The summed E-state index contributed by atoms with van der Waals surface area (Å²) in [5, 5.41) is 2.59. The van der Waals surface area contributed by atoms with Gasteiger partial charge in [-0.1, -0.05) is 50.2 Å². The number of amides is 1. The highest BCUT2D eigenvalue weighted by atomic mass is 32.2. The molecule has 0 bridgehead atoms. The summed E-state index contributed by atoms with van der Waals surface area (Å²) in [6.07, 6.45) is 1.18. The van der Waals surface area contributed by atoms with Crippen LogP contribution in [0, 0.1) is 0 Å². The molecule has 0 fully saturated rings. The fourth-order valence-corrected chi connectivity index (χ4v) is 4.52. The van der Waals surface area contributed by atoms with Gasteiger partial charge in [-0.15, -0.1) is 11.3 Å². The number of carbonyl (C=O) groups excluding carboxylic acids is 1. The van der Waals surface area contributed by atoms with Crippen LogP contribution >= 0.6 is 11.3 Å². The Bertz CT molecular complexity index is 1130. The Morgan fingerprint density at radius 2 is 1.53 bits per heavy atom. The number of nitrogens with zero attached hydrogens (tertiary/aromatic N) is 2. The fourth-order valence-electron chi connectivity index (χ4n) is 3.09. The maximum atomic E-state index is 12.9. The average Bonchev–Trinajstić information content (AvgIpc) is 3.22. The third kappa shape index (κ3) is 4.79. The van der Waals surface area contributed by atoms with Crippen LogP contribution in [0.2, 0.25) is 0 Å². The van der Waals surface area contributed by atoms with Gasteiger partial charge in [0.1, 0.15) is 10.7 Å². The maximum absolute atomic E-state index is 12.9. The summed E-state index contributed by atoms with van der Waals surface area (Å²) in [6.45, 7) is 6.22. The number of hydrogen-bond acceptors (Lipinski definition) is 5. The van der Waals surface area contributed by atoms with E-state index in [1.54, 1.807) is 41.6 Å². The highest BCUT2D eigenvalue weighted by Gasteiger charge is 2.22. The number of benzene rings is 2. The zero-order chi connectivity index (χ0) is 22.1. The first kappa shape index (κ1) is 22.2. The van der Waals surface area contributed by atoms with Gasteiger partial charge in [0.05, 0.1) is 10.9 Å². The van der Waals surface area contributed by atoms with E-state index in [9.17, 15) is 13.2 Å². The maximum Gasteiger partial charge on any atom is 0.273 e. The van der Waals surface area contributed by atoms with Crippen molar-refractivity contribution in [1.29, 1.82) is 0 Å². The van der Waals surface area contributed by atoms with E-state index in [1.165, 1.54) is 23.2 Å². The Kier molecular flexibility index (Phi) is 6.43. The second-order valence-electron chi connectivity index (χ2n) is 7.75. The summed E-state index contributed by atoms with van der Waals surface area (Å²) in [5.74, 6) is 0.296. The number of sulfone groups is 1. The largest absolute Gasteiger partial charge is 0.334 e. The molecule has 1 atom stereocenters. The first-order chi connectivity index (χ1) is 14.1. The van der Waals surface area contributed by atoms with Crippen LogP contribution in [0.5, 0.6) is 0 Å². The van der Waals surface area contributed by atoms with Crippen LogP contribution in [0.25, 0.3) is 10.6 Å². The van der Waals surface area contributed by atoms with Gasteiger partial charge >= 0.3 is 0 Å². The number of rotatable bonds is 6. The highest BCUT2D eigenvalue weighted by molar-refractivity contribution is 7.90. The van der Waals surface area contributed by atoms with Crippen molar-refractivity contribution in [3.05, 3.63) is 70.7 Å². The second-order valence-corrected chi connectivity index (χ2v) is 10.6. The number of hydrogen-bond donors (Lipinski definition) is 0. The lowest BCUT2D eigenvalue weighted by Crippen LogP contribution is -2.29. The monoisotopic (exact) mass is 442 g/mol. The molecule has 0 aliphatic heterocycles. The van der Waals surface area contributed by atoms with E-state index in [4.69, 9.17) is 0 Å². The Labute approximate surface area is 182 Å². The Hall–Kier alpha value is -2.51. The summed E-state index contributed by atoms with van der Waals surface area (Å²) in [4.78, 5) is 19.4. The van der Waals surface area contributed by atoms with Gasteiger partial charge in [-0.3, -0.25) is 4.79 Å². The minimum Gasteiger partial charge on any atom is -0.334 e. The molecule has 2 aromatic carbocycles. The van der Waals surface area contributed by atoms with Crippen LogP contribution < -0.4 is 0 Å². The van der Waals surface area contributed by atoms with Crippen LogP contribution in [0.1, 0.15) is 54.3 Å². The van der Waals surface area contributed by atoms with E-state index in [2.05, 4.69) is 31.0 Å². The summed E-state index contributed by atoms with van der Waals surface area (Å²) in [6, 6.07) is 14.7. The molecule has 0 aliphatic rings. The average molecular weight is 443 g/mol. The van der Waals surface area contributed by atoms with Crippen LogP contribution in [-0.4, -0.2) is 37.5 Å². The van der Waals surface area contributed by atoms with Gasteiger partial charge < -0.3 is 4.90 Å². The Balaban J connectivity index is 1.76. The normalized spacial score (nSPS) is 12.7. The lowest BCUT2D eigenvalue weighted by atomic mass is 10.0. The Morgan fingerprint density at radius 1 is 0.967 bits per heavy atom. The van der Waals surface area contributed by atoms with Crippen molar-refractivity contribution in [3.8, 4) is 10.6 Å². The van der Waals surface area contributed by atoms with E-state index in [-0.39, 0.29) is 16.8 Å². The summed E-state index contributed by atoms with van der Waals surface area (Å²) >= 11 is 1.45. The van der Waals surface area contributed by atoms with E-state index >= 15 is 0 Å². The van der Waals surface area contributed by atoms with Crippen molar-refractivity contribution in [2.24, 2.45) is 0 Å². The molecular formula is C23H26N2O3S2. The third-order valence-electron chi connectivity index (χ3n) is 5.24. The van der Waals surface area contributed by atoms with Crippen molar-refractivity contribution in [2.45, 2.75) is 37.6 Å². The first-order valence-electron chi connectivity index (χ1n) is 9.71. The Morgan fingerprint density at radius 3 is 2.07 bits per heavy atom. The molecule has 1 amide bonds. The lowest BCUT2D eigenvalue weighted by Gasteiger charge is -2.24. The predicted octanol–water partition coefficient (Wildman–Crippen LogP) is 5.17. The van der Waals surface area contributed by atoms with Gasteiger partial charge in [0.25, 0.3) is 5.91 Å². The highest BCUT2D eigenvalue weighted by Crippen LogP contribution is 2.28. The quantitative estimate of drug-likeness (QED) is 0.528. The van der Waals surface area contributed by atoms with Gasteiger partial charge in [-0.25, -0.2) is 13.4 Å². The smallest absolute Gasteiger partial charge is 0.273 e. The fraction of sp³-hybridized carbons (Fsp3) is 0.304. The van der Waals surface area contributed by atoms with Crippen LogP contribution in [0.15, 0.2) is 58.8 Å². The molecule has 5 nitrogen and oxygen atoms in total. The molecule has 0 spiro atoms. The number of aromatic nitrogens is 1. The van der Waals surface area contributed by atoms with Gasteiger partial charge in [0.15, 0.2) is 9.84 Å². The van der Waals surface area contributed by atoms with E-state index in [0.29, 0.717) is 11.6 Å². The van der Waals surface area contributed by atoms with Gasteiger partial charge in [-0.05, 0) is 36.1 Å². The summed E-state index contributed by atoms with van der Waals surface area (Å²) in [5.41, 5.74) is 3.53. The zero-order valence-electron chi connectivity index (χ0n) is 17.8. The molecule has 1 heterocycles. The number of thiazole rings is 1. The molecular weight excluding hydrogens is 416 g/mol. The number of carbonyl (C=O) groups is 1. The minimum absolute atomic E-state index is 0.170. The molecule has 1 unspecified atom stereocenters. The third-order valence-corrected chi connectivity index (χ3v) is 7.26. The van der Waals surface area contributed by atoms with Crippen LogP contribution in [-0.2, 0) is 9.84 Å². The van der Waals surface area contributed by atoms with Gasteiger partial charge in [0.2, 0.25) is 0 Å². The van der Waals surface area contributed by atoms with Crippen molar-refractivity contribution in [3.63, 3.8) is 0 Å². The molecule has 3 rings (SSSR count). The topological polar surface area (TPSA) is 67.3 Å². The molecule has 0 saturated heterocycles. The van der Waals surface area contributed by atoms with Crippen LogP contribution in [0.3, 0.4) is 0 Å². The molecule has 0 saturated carbocycles. The predicted molar refractivity (Wildman–Crippen MR) is 122 cm³/mol. The zero-order valence-corrected chi connectivity index (χ0v) is 19.4. The van der Waals surface area contributed by atoms with Gasteiger partial charge in [0, 0.05) is 24.2 Å². The van der Waals surface area contributed by atoms with Crippen molar-refractivity contribution in [2.75, 3.05) is 13.3 Å². The van der Waals surface area contributed by atoms with E-state index < -0.39 is 9.84 Å². The molecule has 0 aliphatic carbocycles. The van der Waals surface area contributed by atoms with Crippen molar-refractivity contribution >= 4 is 27.1 Å². The van der Waals surface area contributed by atoms with Gasteiger partial charge in [-0.2, -0.15) is 0 Å². The first-order valence-corrected chi connectivity index (χ1v) is 12.5. The molecule has 1 aromatic heterocycles. The standard InChI is InChI=1S/C23H26N2O3S2/c1-15(2)17-6-8-19(9-7-17)22-24-21(14-29-22)23(26)25(4)16(3)18-10-12-20(13-11-18)30(5,27)28/h6-16H,1-5H3. The molecule has 0 N–H and O–H groups in total. The van der Waals surface area contributed by atoms with E-state index in [0.717, 1.165) is 16.1 Å². The minimum atomic E-state index is -3.25. The second kappa shape index (κ2) is 8.70. The summed E-state index contributed by atoms with van der Waals surface area (Å²) < 4.78 is 23.3. The van der Waals surface area contributed by atoms with E-state index in [1.807, 2.05) is 19.1 Å². The molecule has 158 valence electrons. The molecule has 3 aromatic rings.